The standard InChI is InChI=1S/C20H20N2O/c1-20(2,3)22-18(16-12-8-5-9-13-16)21-17(19(22)23)14-15-10-6-4-7-11-15/h4-14H,1-3H3/b17-14-. The van der Waals surface area contributed by atoms with Gasteiger partial charge in [-0.15, -0.1) is 0 Å². The van der Waals surface area contributed by atoms with Crippen LogP contribution in [-0.4, -0.2) is 22.2 Å². The molecular formula is C20H20N2O. The molecule has 2 aromatic carbocycles. The molecule has 0 fully saturated rings. The van der Waals surface area contributed by atoms with Gasteiger partial charge in [0.2, 0.25) is 0 Å². The molecule has 2 aromatic rings. The van der Waals surface area contributed by atoms with Crippen LogP contribution in [0.5, 0.6) is 0 Å². The smallest absolute Gasteiger partial charge is 0.278 e. The van der Waals surface area contributed by atoms with E-state index in [1.807, 2.05) is 87.5 Å². The van der Waals surface area contributed by atoms with E-state index in [9.17, 15) is 4.79 Å². The second-order valence-electron chi connectivity index (χ2n) is 6.55. The normalized spacial score (nSPS) is 16.8. The van der Waals surface area contributed by atoms with Crippen molar-refractivity contribution in [2.75, 3.05) is 0 Å². The number of amidine groups is 1. The van der Waals surface area contributed by atoms with Crippen LogP contribution in [0.25, 0.3) is 6.08 Å². The second kappa shape index (κ2) is 5.84. The maximum Gasteiger partial charge on any atom is 0.278 e. The molecule has 3 heteroatoms. The number of carbonyl (C=O) groups excluding carboxylic acids is 1. The highest BCUT2D eigenvalue weighted by Gasteiger charge is 2.38. The monoisotopic (exact) mass is 304 g/mol. The van der Waals surface area contributed by atoms with E-state index < -0.39 is 0 Å². The minimum absolute atomic E-state index is 0.0554. The second-order valence-corrected chi connectivity index (χ2v) is 6.55. The first-order valence-corrected chi connectivity index (χ1v) is 7.72. The lowest BCUT2D eigenvalue weighted by Crippen LogP contribution is -2.46. The van der Waals surface area contributed by atoms with Gasteiger partial charge in [-0.1, -0.05) is 60.7 Å². The molecule has 0 bridgehead atoms. The number of carbonyl (C=O) groups is 1. The molecule has 0 unspecified atom stereocenters. The van der Waals surface area contributed by atoms with Crippen molar-refractivity contribution in [1.29, 1.82) is 0 Å². The molecule has 1 aliphatic heterocycles. The van der Waals surface area contributed by atoms with Crippen molar-refractivity contribution in [3.8, 4) is 0 Å². The summed E-state index contributed by atoms with van der Waals surface area (Å²) in [6.07, 6.45) is 1.84. The summed E-state index contributed by atoms with van der Waals surface area (Å²) in [4.78, 5) is 19.3. The summed E-state index contributed by atoms with van der Waals surface area (Å²) in [5, 5.41) is 0. The molecule has 0 spiro atoms. The molecule has 1 aliphatic rings. The zero-order valence-corrected chi connectivity index (χ0v) is 13.7. The van der Waals surface area contributed by atoms with Gasteiger partial charge in [-0.05, 0) is 32.4 Å². The van der Waals surface area contributed by atoms with Crippen LogP contribution < -0.4 is 0 Å². The highest BCUT2D eigenvalue weighted by Crippen LogP contribution is 2.28. The lowest BCUT2D eigenvalue weighted by atomic mass is 10.0. The van der Waals surface area contributed by atoms with Gasteiger partial charge in [-0.3, -0.25) is 9.69 Å². The van der Waals surface area contributed by atoms with Crippen molar-refractivity contribution in [2.45, 2.75) is 26.3 Å². The Bertz CT molecular complexity index is 768. The minimum Gasteiger partial charge on any atom is -0.285 e. The van der Waals surface area contributed by atoms with Crippen LogP contribution in [0.3, 0.4) is 0 Å². The van der Waals surface area contributed by atoms with Gasteiger partial charge in [0.05, 0.1) is 0 Å². The highest BCUT2D eigenvalue weighted by molar-refractivity contribution is 6.20. The average Bonchev–Trinajstić information content (AvgIpc) is 2.86. The molecule has 0 saturated heterocycles. The zero-order chi connectivity index (χ0) is 16.4. The first kappa shape index (κ1) is 15.2. The van der Waals surface area contributed by atoms with Gasteiger partial charge in [0.25, 0.3) is 5.91 Å². The maximum atomic E-state index is 12.9. The number of aliphatic imine (C=N–C) groups is 1. The molecule has 1 heterocycles. The Morgan fingerprint density at radius 1 is 0.913 bits per heavy atom. The molecule has 0 N–H and O–H groups in total. The SMILES string of the molecule is CC(C)(C)N1C(=O)/C(=C/c2ccccc2)N=C1c1ccccc1. The quantitative estimate of drug-likeness (QED) is 0.768. The fraction of sp³-hybridized carbons (Fsp3) is 0.200. The van der Waals surface area contributed by atoms with E-state index in [2.05, 4.69) is 4.99 Å². The number of amides is 1. The van der Waals surface area contributed by atoms with Gasteiger partial charge < -0.3 is 0 Å². The van der Waals surface area contributed by atoms with Crippen molar-refractivity contribution in [3.63, 3.8) is 0 Å². The third-order valence-corrected chi connectivity index (χ3v) is 3.67. The van der Waals surface area contributed by atoms with E-state index in [1.165, 1.54) is 0 Å². The number of rotatable bonds is 2. The summed E-state index contributed by atoms with van der Waals surface area (Å²) < 4.78 is 0. The minimum atomic E-state index is -0.335. The molecular weight excluding hydrogens is 284 g/mol. The molecule has 0 aromatic heterocycles. The van der Waals surface area contributed by atoms with Crippen molar-refractivity contribution < 1.29 is 4.79 Å². The number of hydrogen-bond acceptors (Lipinski definition) is 2. The van der Waals surface area contributed by atoms with Gasteiger partial charge in [0.15, 0.2) is 0 Å². The summed E-state index contributed by atoms with van der Waals surface area (Å²) in [5.41, 5.74) is 2.07. The van der Waals surface area contributed by atoms with Crippen LogP contribution in [0, 0.1) is 0 Å². The molecule has 0 saturated carbocycles. The van der Waals surface area contributed by atoms with Crippen LogP contribution in [0.4, 0.5) is 0 Å². The van der Waals surface area contributed by atoms with E-state index in [-0.39, 0.29) is 11.4 Å². The van der Waals surface area contributed by atoms with Gasteiger partial charge in [-0.25, -0.2) is 4.99 Å². The summed E-state index contributed by atoms with van der Waals surface area (Å²) >= 11 is 0. The van der Waals surface area contributed by atoms with Gasteiger partial charge in [0, 0.05) is 11.1 Å². The van der Waals surface area contributed by atoms with Gasteiger partial charge >= 0.3 is 0 Å². The van der Waals surface area contributed by atoms with Crippen LogP contribution >= 0.6 is 0 Å². The number of nitrogens with zero attached hydrogens (tertiary/aromatic N) is 2. The van der Waals surface area contributed by atoms with Gasteiger partial charge in [0.1, 0.15) is 11.5 Å². The van der Waals surface area contributed by atoms with Crippen LogP contribution in [0.1, 0.15) is 31.9 Å². The van der Waals surface area contributed by atoms with Crippen LogP contribution in [0.15, 0.2) is 71.4 Å². The first-order chi connectivity index (χ1) is 11.0. The molecule has 0 atom stereocenters. The Balaban J connectivity index is 2.09. The maximum absolute atomic E-state index is 12.9. The van der Waals surface area contributed by atoms with Crippen molar-refractivity contribution in [1.82, 2.24) is 4.90 Å². The zero-order valence-electron chi connectivity index (χ0n) is 13.7. The molecule has 116 valence electrons. The topological polar surface area (TPSA) is 32.7 Å². The number of hydrogen-bond donors (Lipinski definition) is 0. The summed E-state index contributed by atoms with van der Waals surface area (Å²) in [6.45, 7) is 6.07. The molecule has 0 radical (unpaired) electrons. The third kappa shape index (κ3) is 3.09. The number of benzene rings is 2. The third-order valence-electron chi connectivity index (χ3n) is 3.67. The van der Waals surface area contributed by atoms with E-state index in [0.717, 1.165) is 11.1 Å². The summed E-state index contributed by atoms with van der Waals surface area (Å²) in [6, 6.07) is 19.7. The summed E-state index contributed by atoms with van der Waals surface area (Å²) in [7, 11) is 0. The Hall–Kier alpha value is -2.68. The average molecular weight is 304 g/mol. The molecule has 0 aliphatic carbocycles. The Labute approximate surface area is 137 Å². The predicted molar refractivity (Wildman–Crippen MR) is 94.0 cm³/mol. The highest BCUT2D eigenvalue weighted by atomic mass is 16.2. The first-order valence-electron chi connectivity index (χ1n) is 7.72. The van der Waals surface area contributed by atoms with Crippen molar-refractivity contribution >= 4 is 17.8 Å². The van der Waals surface area contributed by atoms with Gasteiger partial charge in [-0.2, -0.15) is 0 Å². The van der Waals surface area contributed by atoms with E-state index in [1.54, 1.807) is 4.90 Å². The van der Waals surface area contributed by atoms with Crippen LogP contribution in [0.2, 0.25) is 0 Å². The van der Waals surface area contributed by atoms with Crippen LogP contribution in [-0.2, 0) is 4.79 Å². The Kier molecular flexibility index (Phi) is 3.87. The van der Waals surface area contributed by atoms with Crippen molar-refractivity contribution in [3.05, 3.63) is 77.5 Å². The van der Waals surface area contributed by atoms with E-state index >= 15 is 0 Å². The van der Waals surface area contributed by atoms with E-state index in [4.69, 9.17) is 0 Å². The predicted octanol–water partition coefficient (Wildman–Crippen LogP) is 4.12. The lowest BCUT2D eigenvalue weighted by molar-refractivity contribution is -0.125. The van der Waals surface area contributed by atoms with E-state index in [0.29, 0.717) is 11.5 Å². The Morgan fingerprint density at radius 2 is 1.48 bits per heavy atom. The molecule has 3 nitrogen and oxygen atoms in total. The summed E-state index contributed by atoms with van der Waals surface area (Å²) in [5.74, 6) is 0.658. The molecule has 23 heavy (non-hydrogen) atoms. The Morgan fingerprint density at radius 3 is 2.04 bits per heavy atom. The van der Waals surface area contributed by atoms with Crippen molar-refractivity contribution in [2.24, 2.45) is 4.99 Å². The fourth-order valence-corrected chi connectivity index (χ4v) is 2.63. The lowest BCUT2D eigenvalue weighted by Gasteiger charge is -2.32. The molecule has 1 amide bonds. The molecule has 3 rings (SSSR count). The largest absolute Gasteiger partial charge is 0.285 e. The fourth-order valence-electron chi connectivity index (χ4n) is 2.63.